The van der Waals surface area contributed by atoms with Gasteiger partial charge in [-0.05, 0) is 43.7 Å². The fraction of sp³-hybridized carbons (Fsp3) is 0.625. The second-order valence-corrected chi connectivity index (χ2v) is 6.27. The predicted molar refractivity (Wildman–Crippen MR) is 74.9 cm³/mol. The number of aromatic nitrogens is 1. The molecule has 0 saturated carbocycles. The van der Waals surface area contributed by atoms with Crippen molar-refractivity contribution in [2.24, 2.45) is 5.41 Å². The second kappa shape index (κ2) is 5.04. The third kappa shape index (κ3) is 2.05. The number of pyridine rings is 1. The third-order valence-corrected chi connectivity index (χ3v) is 5.09. The van der Waals surface area contributed by atoms with Crippen LogP contribution in [-0.2, 0) is 4.79 Å². The van der Waals surface area contributed by atoms with Gasteiger partial charge in [0.15, 0.2) is 0 Å². The number of carbonyl (C=O) groups excluding carboxylic acids is 1. The number of amides is 1. The number of hydrogen-bond acceptors (Lipinski definition) is 2. The van der Waals surface area contributed by atoms with Crippen molar-refractivity contribution in [1.82, 2.24) is 9.88 Å². The third-order valence-electron chi connectivity index (χ3n) is 5.09. The van der Waals surface area contributed by atoms with Crippen molar-refractivity contribution in [1.29, 1.82) is 0 Å². The van der Waals surface area contributed by atoms with E-state index in [1.807, 2.05) is 13.0 Å². The largest absolute Gasteiger partial charge is 0.332 e. The van der Waals surface area contributed by atoms with Crippen molar-refractivity contribution in [3.8, 4) is 0 Å². The van der Waals surface area contributed by atoms with E-state index in [9.17, 15) is 13.6 Å². The molecule has 3 rings (SSSR count). The topological polar surface area (TPSA) is 33.2 Å². The molecule has 1 unspecified atom stereocenters. The Bertz CT molecular complexity index is 563. The van der Waals surface area contributed by atoms with Gasteiger partial charge in [-0.1, -0.05) is 13.0 Å². The molecule has 114 valence electrons. The van der Waals surface area contributed by atoms with E-state index in [-0.39, 0.29) is 30.8 Å². The van der Waals surface area contributed by atoms with Gasteiger partial charge in [-0.15, -0.1) is 0 Å². The number of nitrogens with zero attached hydrogens (tertiary/aromatic N) is 2. The van der Waals surface area contributed by atoms with Gasteiger partial charge in [-0.25, -0.2) is 8.78 Å². The molecule has 0 aromatic carbocycles. The molecule has 0 N–H and O–H groups in total. The van der Waals surface area contributed by atoms with Gasteiger partial charge in [0, 0.05) is 18.4 Å². The molecule has 2 saturated heterocycles. The van der Waals surface area contributed by atoms with Crippen LogP contribution in [0.3, 0.4) is 0 Å². The van der Waals surface area contributed by atoms with E-state index < -0.39 is 11.8 Å². The molecule has 2 aliphatic heterocycles. The SMILES string of the molecule is CCC1(C(F)F)C[C@@H]2CC[C@H](c3cncc(C)c3)N2C1=O. The molecule has 1 aromatic heterocycles. The van der Waals surface area contributed by atoms with Crippen LogP contribution in [-0.4, -0.2) is 28.3 Å². The Morgan fingerprint density at radius 3 is 2.81 bits per heavy atom. The van der Waals surface area contributed by atoms with E-state index in [2.05, 4.69) is 4.98 Å². The number of fused-ring (bicyclic) bond motifs is 1. The normalized spacial score (nSPS) is 32.0. The van der Waals surface area contributed by atoms with Crippen LogP contribution in [0.2, 0.25) is 0 Å². The zero-order valence-electron chi connectivity index (χ0n) is 12.4. The Balaban J connectivity index is 1.94. The minimum absolute atomic E-state index is 0.0445. The Morgan fingerprint density at radius 1 is 1.43 bits per heavy atom. The number of hydrogen-bond donors (Lipinski definition) is 0. The molecular formula is C16H20F2N2O. The molecule has 3 atom stereocenters. The van der Waals surface area contributed by atoms with Gasteiger partial charge < -0.3 is 4.90 Å². The number of halogens is 2. The van der Waals surface area contributed by atoms with Crippen molar-refractivity contribution in [2.45, 2.75) is 58.0 Å². The lowest BCUT2D eigenvalue weighted by molar-refractivity contribution is -0.146. The van der Waals surface area contributed by atoms with Gasteiger partial charge in [-0.2, -0.15) is 0 Å². The van der Waals surface area contributed by atoms with E-state index in [0.717, 1.165) is 24.0 Å². The summed E-state index contributed by atoms with van der Waals surface area (Å²) in [5, 5.41) is 0. The fourth-order valence-corrected chi connectivity index (χ4v) is 3.88. The van der Waals surface area contributed by atoms with Gasteiger partial charge in [0.25, 0.3) is 6.43 Å². The number of carbonyl (C=O) groups is 1. The summed E-state index contributed by atoms with van der Waals surface area (Å²) in [5.74, 6) is -0.367. The maximum absolute atomic E-state index is 13.5. The lowest BCUT2D eigenvalue weighted by Crippen LogP contribution is -2.40. The first-order valence-corrected chi connectivity index (χ1v) is 7.52. The number of alkyl halides is 2. The van der Waals surface area contributed by atoms with Crippen LogP contribution in [0.5, 0.6) is 0 Å². The summed E-state index contributed by atoms with van der Waals surface area (Å²) in [7, 11) is 0. The maximum atomic E-state index is 13.5. The van der Waals surface area contributed by atoms with Crippen LogP contribution in [0.4, 0.5) is 8.78 Å². The molecule has 2 fully saturated rings. The quantitative estimate of drug-likeness (QED) is 0.855. The summed E-state index contributed by atoms with van der Waals surface area (Å²) in [5.41, 5.74) is 0.519. The molecule has 0 radical (unpaired) electrons. The number of aryl methyl sites for hydroxylation is 1. The first-order chi connectivity index (χ1) is 9.99. The van der Waals surface area contributed by atoms with E-state index in [1.165, 1.54) is 0 Å². The van der Waals surface area contributed by atoms with Crippen LogP contribution in [0, 0.1) is 12.3 Å². The molecule has 1 amide bonds. The Labute approximate surface area is 123 Å². The van der Waals surface area contributed by atoms with Crippen molar-refractivity contribution >= 4 is 5.91 Å². The predicted octanol–water partition coefficient (Wildman–Crippen LogP) is 3.49. The van der Waals surface area contributed by atoms with E-state index in [0.29, 0.717) is 0 Å². The molecule has 0 aliphatic carbocycles. The highest BCUT2D eigenvalue weighted by atomic mass is 19.3. The van der Waals surface area contributed by atoms with E-state index >= 15 is 0 Å². The lowest BCUT2D eigenvalue weighted by Gasteiger charge is -2.29. The Kier molecular flexibility index (Phi) is 3.46. The maximum Gasteiger partial charge on any atom is 0.252 e. The summed E-state index contributed by atoms with van der Waals surface area (Å²) >= 11 is 0. The van der Waals surface area contributed by atoms with Crippen molar-refractivity contribution in [2.75, 3.05) is 0 Å². The molecule has 0 spiro atoms. The molecule has 5 heteroatoms. The highest BCUT2D eigenvalue weighted by Crippen LogP contribution is 2.52. The van der Waals surface area contributed by atoms with Crippen molar-refractivity contribution in [3.05, 3.63) is 29.6 Å². The fourth-order valence-electron chi connectivity index (χ4n) is 3.88. The Hall–Kier alpha value is -1.52. The van der Waals surface area contributed by atoms with E-state index in [1.54, 1.807) is 24.2 Å². The van der Waals surface area contributed by atoms with Gasteiger partial charge in [-0.3, -0.25) is 9.78 Å². The second-order valence-electron chi connectivity index (χ2n) is 6.27. The summed E-state index contributed by atoms with van der Waals surface area (Å²) in [6.07, 6.45) is 3.06. The van der Waals surface area contributed by atoms with Crippen molar-refractivity contribution < 1.29 is 13.6 Å². The molecule has 1 aromatic rings. The van der Waals surface area contributed by atoms with Gasteiger partial charge in [0.2, 0.25) is 5.91 Å². The first kappa shape index (κ1) is 14.4. The molecule has 3 heterocycles. The minimum Gasteiger partial charge on any atom is -0.332 e. The molecular weight excluding hydrogens is 274 g/mol. The minimum atomic E-state index is -2.59. The molecule has 2 aliphatic rings. The van der Waals surface area contributed by atoms with Crippen LogP contribution in [0.15, 0.2) is 18.5 Å². The van der Waals surface area contributed by atoms with Crippen molar-refractivity contribution in [3.63, 3.8) is 0 Å². The zero-order chi connectivity index (χ0) is 15.2. The average Bonchev–Trinajstić information content (AvgIpc) is 2.98. The standard InChI is InChI=1S/C16H20F2N2O/c1-3-16(14(17)18)7-12-4-5-13(20(12)15(16)21)11-6-10(2)8-19-9-11/h6,8-9,12-14H,3-5,7H2,1-2H3/t12-,13+,16?/m0/s1. The number of rotatable bonds is 3. The van der Waals surface area contributed by atoms with Gasteiger partial charge in [0.05, 0.1) is 6.04 Å². The summed E-state index contributed by atoms with van der Waals surface area (Å²) < 4.78 is 27.0. The molecule has 21 heavy (non-hydrogen) atoms. The van der Waals surface area contributed by atoms with Gasteiger partial charge >= 0.3 is 0 Å². The zero-order valence-corrected chi connectivity index (χ0v) is 12.4. The summed E-state index contributed by atoms with van der Waals surface area (Å²) in [6.45, 7) is 3.64. The molecule has 3 nitrogen and oxygen atoms in total. The highest BCUT2D eigenvalue weighted by Gasteiger charge is 2.59. The lowest BCUT2D eigenvalue weighted by atomic mass is 9.81. The molecule has 0 bridgehead atoms. The Morgan fingerprint density at radius 2 is 2.19 bits per heavy atom. The van der Waals surface area contributed by atoms with Gasteiger partial charge in [0.1, 0.15) is 5.41 Å². The summed E-state index contributed by atoms with van der Waals surface area (Å²) in [6, 6.07) is 1.86. The summed E-state index contributed by atoms with van der Waals surface area (Å²) in [4.78, 5) is 18.6. The highest BCUT2D eigenvalue weighted by molar-refractivity contribution is 5.86. The average molecular weight is 294 g/mol. The van der Waals surface area contributed by atoms with Crippen LogP contribution >= 0.6 is 0 Å². The monoisotopic (exact) mass is 294 g/mol. The van der Waals surface area contributed by atoms with E-state index in [4.69, 9.17) is 0 Å². The first-order valence-electron chi connectivity index (χ1n) is 7.52. The van der Waals surface area contributed by atoms with Crippen LogP contribution in [0.25, 0.3) is 0 Å². The van der Waals surface area contributed by atoms with Crippen LogP contribution in [0.1, 0.15) is 49.8 Å². The van der Waals surface area contributed by atoms with Crippen LogP contribution < -0.4 is 0 Å². The smallest absolute Gasteiger partial charge is 0.252 e.